The number of ether oxygens (including phenoxy) is 13. The molecule has 0 saturated carbocycles. The molecular weight excluding hydrogens is 1140 g/mol. The van der Waals surface area contributed by atoms with E-state index in [4.69, 9.17) is 61.6 Å². The Labute approximate surface area is 470 Å². The van der Waals surface area contributed by atoms with E-state index in [0.29, 0.717) is 0 Å². The highest BCUT2D eigenvalue weighted by atomic mass is 16.8. The summed E-state index contributed by atoms with van der Waals surface area (Å²) in [6.07, 6.45) is -64.1. The Balaban J connectivity index is 1.20. The molecule has 22 N–H and O–H groups in total. The van der Waals surface area contributed by atoms with Gasteiger partial charge in [-0.25, -0.2) is 0 Å². The van der Waals surface area contributed by atoms with Gasteiger partial charge < -0.3 is 174 Å². The van der Waals surface area contributed by atoms with Gasteiger partial charge in [0.1, 0.15) is 165 Å². The molecule has 0 aromatic heterocycles. The molecule has 7 aliphatic heterocycles. The maximum absolute atomic E-state index is 13.2. The summed E-state index contributed by atoms with van der Waals surface area (Å²) in [7, 11) is 0. The number of rotatable bonds is 20. The van der Waals surface area contributed by atoms with Gasteiger partial charge in [0.25, 0.3) is 0 Å². The zero-order valence-corrected chi connectivity index (χ0v) is 44.5. The van der Waals surface area contributed by atoms with E-state index in [1.165, 1.54) is 6.92 Å². The highest BCUT2D eigenvalue weighted by molar-refractivity contribution is 5.73. The van der Waals surface area contributed by atoms with Crippen molar-refractivity contribution in [3.63, 3.8) is 0 Å². The molecule has 7 heterocycles. The van der Waals surface area contributed by atoms with E-state index < -0.39 is 266 Å². The maximum Gasteiger partial charge on any atom is 0.217 e. The van der Waals surface area contributed by atoms with Crippen LogP contribution >= 0.6 is 0 Å². The van der Waals surface area contributed by atoms with Gasteiger partial charge in [-0.15, -0.1) is 0 Å². The van der Waals surface area contributed by atoms with Crippen molar-refractivity contribution in [3.8, 4) is 0 Å². The van der Waals surface area contributed by atoms with Crippen LogP contribution < -0.4 is 10.6 Å². The second-order valence-electron chi connectivity index (χ2n) is 21.0. The zero-order valence-electron chi connectivity index (χ0n) is 44.5. The molecule has 83 heavy (non-hydrogen) atoms. The number of hydrogen-bond acceptors (Lipinski definition) is 35. The van der Waals surface area contributed by atoms with Crippen LogP contribution in [0.4, 0.5) is 0 Å². The van der Waals surface area contributed by atoms with Crippen LogP contribution in [0.15, 0.2) is 0 Å². The number of nitrogens with one attached hydrogen (secondary N) is 2. The van der Waals surface area contributed by atoms with Gasteiger partial charge >= 0.3 is 0 Å². The van der Waals surface area contributed by atoms with Crippen LogP contribution in [0.1, 0.15) is 20.8 Å². The zero-order chi connectivity index (χ0) is 61.2. The average Bonchev–Trinajstić information content (AvgIpc) is 3.31. The lowest BCUT2D eigenvalue weighted by molar-refractivity contribution is -0.396. The third-order valence-corrected chi connectivity index (χ3v) is 15.3. The van der Waals surface area contributed by atoms with E-state index in [1.807, 2.05) is 0 Å². The molecular formula is C46H78N2O35. The number of aliphatic hydroxyl groups excluding tert-OH is 20. The van der Waals surface area contributed by atoms with Crippen LogP contribution in [0.3, 0.4) is 0 Å². The molecule has 0 radical (unpaired) electrons. The standard InChI is InChI=1S/C46H78N2O35/c1-10-21(57)26(62)30(66)43(71-10)81-37-20(48-12(3)56)42(83-39-24(60)14(5-50)74-45(32(39)68)79-35-16(7-52)72-40(70)29(65)28(35)64)77-18(9-54)36(37)80-46-33(69)38(23(59)15(6-51)75-46)82-41-19(47-11(2)55)25(61)34(17(8-53)76-41)78-44-31(67)27(63)22(58)13(4-49)73-44/h10,13-46,49-54,57-70H,4-9H2,1-3H3,(H,47,55)(H,48,56)/t10-,13?,14+,15+,16+,17+,18+,19+,20+,21+,22?,23-,24-,25+,26+,27?,28+,29+,30-,31?,32+,33+,34+,35+,36+,37+,38-,39-,40+,41-,42-,43-,44?,45-,46-/m0/s1. The first-order valence-corrected chi connectivity index (χ1v) is 26.5. The molecule has 0 bridgehead atoms. The molecule has 482 valence electrons. The molecule has 37 nitrogen and oxygen atoms in total. The van der Waals surface area contributed by atoms with Crippen LogP contribution in [0.2, 0.25) is 0 Å². The Morgan fingerprint density at radius 1 is 0.313 bits per heavy atom. The fourth-order valence-corrected chi connectivity index (χ4v) is 10.7. The summed E-state index contributed by atoms with van der Waals surface area (Å²) in [5.74, 6) is -1.80. The summed E-state index contributed by atoms with van der Waals surface area (Å²) in [6, 6.07) is -3.71. The molecule has 0 spiro atoms. The smallest absolute Gasteiger partial charge is 0.217 e. The van der Waals surface area contributed by atoms with E-state index in [-0.39, 0.29) is 0 Å². The van der Waals surface area contributed by atoms with Crippen molar-refractivity contribution in [3.05, 3.63) is 0 Å². The predicted molar refractivity (Wildman–Crippen MR) is 254 cm³/mol. The fraction of sp³-hybridized carbons (Fsp3) is 0.957. The monoisotopic (exact) mass is 1220 g/mol. The first kappa shape index (κ1) is 68.1. The van der Waals surface area contributed by atoms with Crippen LogP contribution in [0, 0.1) is 0 Å². The van der Waals surface area contributed by atoms with E-state index in [1.54, 1.807) is 0 Å². The first-order chi connectivity index (χ1) is 39.2. The summed E-state index contributed by atoms with van der Waals surface area (Å²) in [4.78, 5) is 25.8. The molecule has 7 saturated heterocycles. The summed E-state index contributed by atoms with van der Waals surface area (Å²) in [5, 5.41) is 221. The molecule has 7 aliphatic rings. The molecule has 0 aromatic rings. The Hall–Kier alpha value is -2.38. The van der Waals surface area contributed by atoms with Crippen molar-refractivity contribution < 1.29 is 173 Å². The first-order valence-electron chi connectivity index (χ1n) is 26.5. The molecule has 35 atom stereocenters. The van der Waals surface area contributed by atoms with Crippen molar-refractivity contribution in [2.75, 3.05) is 39.6 Å². The molecule has 7 rings (SSSR count). The van der Waals surface area contributed by atoms with Crippen LogP contribution in [0.25, 0.3) is 0 Å². The summed E-state index contributed by atoms with van der Waals surface area (Å²) >= 11 is 0. The van der Waals surface area contributed by atoms with Gasteiger partial charge in [-0.3, -0.25) is 9.59 Å². The van der Waals surface area contributed by atoms with E-state index in [0.717, 1.165) is 13.8 Å². The number of hydrogen-bond donors (Lipinski definition) is 22. The van der Waals surface area contributed by atoms with Gasteiger partial charge in [0.2, 0.25) is 11.8 Å². The largest absolute Gasteiger partial charge is 0.394 e. The van der Waals surface area contributed by atoms with E-state index in [9.17, 15) is 112 Å². The second kappa shape index (κ2) is 29.3. The Morgan fingerprint density at radius 2 is 0.651 bits per heavy atom. The van der Waals surface area contributed by atoms with Gasteiger partial charge in [-0.05, 0) is 6.92 Å². The summed E-state index contributed by atoms with van der Waals surface area (Å²) in [6.45, 7) is -2.93. The number of carbonyl (C=O) groups excluding carboxylic acids is 2. The Bertz CT molecular complexity index is 2040. The normalized spacial score (nSPS) is 50.8. The fourth-order valence-electron chi connectivity index (χ4n) is 10.7. The summed E-state index contributed by atoms with van der Waals surface area (Å²) in [5.41, 5.74) is 0. The molecule has 7 fully saturated rings. The molecule has 0 aliphatic carbocycles. The summed E-state index contributed by atoms with van der Waals surface area (Å²) < 4.78 is 75.7. The lowest BCUT2D eigenvalue weighted by Crippen LogP contribution is -2.71. The van der Waals surface area contributed by atoms with Crippen molar-refractivity contribution in [1.82, 2.24) is 10.6 Å². The number of carbonyl (C=O) groups is 2. The molecule has 37 heteroatoms. The predicted octanol–water partition coefficient (Wildman–Crippen LogP) is -15.0. The number of aliphatic hydroxyl groups is 20. The van der Waals surface area contributed by atoms with E-state index in [2.05, 4.69) is 10.6 Å². The molecule has 2 amide bonds. The van der Waals surface area contributed by atoms with Gasteiger partial charge in [0, 0.05) is 13.8 Å². The van der Waals surface area contributed by atoms with Gasteiger partial charge in [0.15, 0.2) is 44.0 Å². The lowest BCUT2D eigenvalue weighted by atomic mass is 9.93. The van der Waals surface area contributed by atoms with Crippen molar-refractivity contribution in [2.45, 2.75) is 236 Å². The van der Waals surface area contributed by atoms with Crippen LogP contribution in [-0.2, 0) is 71.2 Å². The molecule has 5 unspecified atom stereocenters. The highest BCUT2D eigenvalue weighted by Crippen LogP contribution is 2.39. The Morgan fingerprint density at radius 3 is 1.12 bits per heavy atom. The van der Waals surface area contributed by atoms with Crippen molar-refractivity contribution in [2.24, 2.45) is 0 Å². The van der Waals surface area contributed by atoms with Gasteiger partial charge in [-0.2, -0.15) is 0 Å². The van der Waals surface area contributed by atoms with Crippen molar-refractivity contribution in [1.29, 1.82) is 0 Å². The average molecular weight is 1220 g/mol. The van der Waals surface area contributed by atoms with Gasteiger partial charge in [0.05, 0.1) is 45.7 Å². The number of amides is 2. The van der Waals surface area contributed by atoms with Crippen LogP contribution in [0.5, 0.6) is 0 Å². The third-order valence-electron chi connectivity index (χ3n) is 15.3. The van der Waals surface area contributed by atoms with Gasteiger partial charge in [-0.1, -0.05) is 0 Å². The lowest BCUT2D eigenvalue weighted by Gasteiger charge is -2.52. The van der Waals surface area contributed by atoms with E-state index >= 15 is 0 Å². The SMILES string of the molecule is CC(=O)N[C@H]1[C@H](O[C@H]2[C@@H](O)[C@@H](CO)O[C@@H](O[C@H]3[C@H](O[C@@H]4O[C@@H](C)[C@@H](O)[C@@H](O)[C@@H]4O)[C@@H](NC(C)=O)[C@H](O[C@H]4[C@@H](O)[C@@H](CO)O[C@@H](O[C@H]5[C@H](O)[C@@H](O)[C@H](O)O[C@@H]5CO)[C@@H]4O)O[C@@H]3CO)[C@@H]2O)O[C@H](CO)[C@@H](OC2OC(CO)C(O)C(O)C2O)[C@@H]1O. The van der Waals surface area contributed by atoms with Crippen molar-refractivity contribution >= 4 is 11.8 Å². The third kappa shape index (κ3) is 14.5. The van der Waals surface area contributed by atoms with Crippen LogP contribution in [-0.4, -0.2) is 368 Å². The minimum atomic E-state index is -2.33. The quantitative estimate of drug-likeness (QED) is 0.0538. The minimum absolute atomic E-state index is 0.865. The highest BCUT2D eigenvalue weighted by Gasteiger charge is 2.60. The minimum Gasteiger partial charge on any atom is -0.394 e. The topological polar surface area (TPSA) is 583 Å². The Kier molecular flexibility index (Phi) is 24.0. The molecule has 0 aromatic carbocycles. The maximum atomic E-state index is 13.2. The second-order valence-corrected chi connectivity index (χ2v) is 21.0.